The molecule has 1 aliphatic carbocycles. The molecular formula is C13H13NO. The van der Waals surface area contributed by atoms with Crippen molar-refractivity contribution in [2.75, 3.05) is 0 Å². The molecule has 76 valence electrons. The van der Waals surface area contributed by atoms with E-state index in [0.717, 1.165) is 6.42 Å². The quantitative estimate of drug-likeness (QED) is 0.780. The van der Waals surface area contributed by atoms with E-state index in [1.165, 1.54) is 5.56 Å². The molecule has 2 rings (SSSR count). The highest BCUT2D eigenvalue weighted by atomic mass is 16.1. The van der Waals surface area contributed by atoms with Crippen LogP contribution in [0.5, 0.6) is 0 Å². The van der Waals surface area contributed by atoms with Crippen LogP contribution in [0.3, 0.4) is 0 Å². The Morgan fingerprint density at radius 1 is 1.20 bits per heavy atom. The third-order valence-corrected chi connectivity index (χ3v) is 2.60. The van der Waals surface area contributed by atoms with Crippen LogP contribution in [0.1, 0.15) is 28.3 Å². The van der Waals surface area contributed by atoms with Crippen molar-refractivity contribution in [2.45, 2.75) is 12.3 Å². The minimum atomic E-state index is -0.374. The number of carbonyl (C=O) groups is 1. The number of hydrogen-bond donors (Lipinski definition) is 1. The molecule has 1 aromatic carbocycles. The first-order chi connectivity index (χ1) is 7.27. The Labute approximate surface area is 89.1 Å². The summed E-state index contributed by atoms with van der Waals surface area (Å²) in [5, 5.41) is 0. The standard InChI is InChI=1S/C13H13NO/c14-13(15)12-8-6-11(7-9-12)10-4-2-1-3-5-10/h1-4,6-10H,5H2,(H2,14,15). The third kappa shape index (κ3) is 2.15. The summed E-state index contributed by atoms with van der Waals surface area (Å²) in [6.07, 6.45) is 9.43. The summed E-state index contributed by atoms with van der Waals surface area (Å²) in [6, 6.07) is 7.50. The first-order valence-electron chi connectivity index (χ1n) is 5.00. The minimum Gasteiger partial charge on any atom is -0.366 e. The van der Waals surface area contributed by atoms with Crippen LogP contribution in [-0.2, 0) is 0 Å². The van der Waals surface area contributed by atoms with Crippen LogP contribution >= 0.6 is 0 Å². The SMILES string of the molecule is NC(=O)c1ccc(C2C=CC=CC2)cc1. The lowest BCUT2D eigenvalue weighted by molar-refractivity contribution is 0.100. The molecule has 2 N–H and O–H groups in total. The number of benzene rings is 1. The summed E-state index contributed by atoms with van der Waals surface area (Å²) in [4.78, 5) is 10.9. The van der Waals surface area contributed by atoms with Crippen molar-refractivity contribution in [1.82, 2.24) is 0 Å². The number of nitrogens with two attached hydrogens (primary N) is 1. The van der Waals surface area contributed by atoms with Crippen LogP contribution in [0, 0.1) is 0 Å². The van der Waals surface area contributed by atoms with Gasteiger partial charge in [0.25, 0.3) is 0 Å². The summed E-state index contributed by atoms with van der Waals surface area (Å²) < 4.78 is 0. The van der Waals surface area contributed by atoms with E-state index in [-0.39, 0.29) is 5.91 Å². The summed E-state index contributed by atoms with van der Waals surface area (Å²) in [6.45, 7) is 0. The zero-order chi connectivity index (χ0) is 10.7. The van der Waals surface area contributed by atoms with E-state index in [2.05, 4.69) is 18.2 Å². The Bertz CT molecular complexity index is 415. The third-order valence-electron chi connectivity index (χ3n) is 2.60. The van der Waals surface area contributed by atoms with Gasteiger partial charge in [0, 0.05) is 11.5 Å². The number of carbonyl (C=O) groups excluding carboxylic acids is 1. The number of primary amides is 1. The maximum absolute atomic E-state index is 10.9. The number of hydrogen-bond acceptors (Lipinski definition) is 1. The van der Waals surface area contributed by atoms with Crippen molar-refractivity contribution in [3.8, 4) is 0 Å². The first-order valence-corrected chi connectivity index (χ1v) is 5.00. The zero-order valence-electron chi connectivity index (χ0n) is 8.39. The van der Waals surface area contributed by atoms with Gasteiger partial charge in [-0.2, -0.15) is 0 Å². The molecule has 0 aromatic heterocycles. The highest BCUT2D eigenvalue weighted by molar-refractivity contribution is 5.92. The normalized spacial score (nSPS) is 19.1. The molecule has 0 saturated carbocycles. The van der Waals surface area contributed by atoms with Crippen molar-refractivity contribution in [3.63, 3.8) is 0 Å². The van der Waals surface area contributed by atoms with Gasteiger partial charge in [0.15, 0.2) is 0 Å². The predicted octanol–water partition coefficient (Wildman–Crippen LogP) is 2.39. The maximum Gasteiger partial charge on any atom is 0.248 e. The monoisotopic (exact) mass is 199 g/mol. The van der Waals surface area contributed by atoms with E-state index >= 15 is 0 Å². The maximum atomic E-state index is 10.9. The molecule has 1 atom stereocenters. The first kappa shape index (κ1) is 9.71. The molecule has 2 heteroatoms. The molecule has 2 nitrogen and oxygen atoms in total. The van der Waals surface area contributed by atoms with Crippen molar-refractivity contribution < 1.29 is 4.79 Å². The molecule has 1 aliphatic rings. The lowest BCUT2D eigenvalue weighted by Crippen LogP contribution is -2.10. The van der Waals surface area contributed by atoms with Crippen LogP contribution in [-0.4, -0.2) is 5.91 Å². The fourth-order valence-corrected chi connectivity index (χ4v) is 1.72. The molecule has 0 spiro atoms. The van der Waals surface area contributed by atoms with Crippen molar-refractivity contribution in [3.05, 3.63) is 59.7 Å². The molecule has 0 heterocycles. The second-order valence-electron chi connectivity index (χ2n) is 3.64. The Morgan fingerprint density at radius 2 is 1.93 bits per heavy atom. The molecule has 15 heavy (non-hydrogen) atoms. The van der Waals surface area contributed by atoms with Crippen LogP contribution in [0.25, 0.3) is 0 Å². The van der Waals surface area contributed by atoms with Gasteiger partial charge in [-0.3, -0.25) is 4.79 Å². The van der Waals surface area contributed by atoms with Crippen LogP contribution in [0.4, 0.5) is 0 Å². The molecule has 1 amide bonds. The highest BCUT2D eigenvalue weighted by Crippen LogP contribution is 2.24. The molecule has 0 radical (unpaired) electrons. The van der Waals surface area contributed by atoms with Gasteiger partial charge in [0.1, 0.15) is 0 Å². The Hall–Kier alpha value is -1.83. The molecule has 0 bridgehead atoms. The van der Waals surface area contributed by atoms with E-state index in [1.54, 1.807) is 12.1 Å². The molecule has 0 saturated heterocycles. The smallest absolute Gasteiger partial charge is 0.248 e. The van der Waals surface area contributed by atoms with Crippen molar-refractivity contribution in [1.29, 1.82) is 0 Å². The second kappa shape index (κ2) is 4.13. The average Bonchev–Trinajstić information content (AvgIpc) is 2.30. The summed E-state index contributed by atoms with van der Waals surface area (Å²) in [5.74, 6) is 0.0533. The van der Waals surface area contributed by atoms with Gasteiger partial charge in [0.2, 0.25) is 5.91 Å². The van der Waals surface area contributed by atoms with Crippen LogP contribution in [0.2, 0.25) is 0 Å². The van der Waals surface area contributed by atoms with E-state index in [0.29, 0.717) is 11.5 Å². The van der Waals surface area contributed by atoms with Crippen LogP contribution in [0.15, 0.2) is 48.6 Å². The Balaban J connectivity index is 2.20. The van der Waals surface area contributed by atoms with Crippen LogP contribution < -0.4 is 5.73 Å². The minimum absolute atomic E-state index is 0.374. The highest BCUT2D eigenvalue weighted by Gasteiger charge is 2.08. The average molecular weight is 199 g/mol. The lowest BCUT2D eigenvalue weighted by atomic mass is 9.92. The molecule has 1 aromatic rings. The molecule has 0 aliphatic heterocycles. The van der Waals surface area contributed by atoms with Gasteiger partial charge in [-0.1, -0.05) is 36.4 Å². The van der Waals surface area contributed by atoms with Gasteiger partial charge < -0.3 is 5.73 Å². The van der Waals surface area contributed by atoms with E-state index in [9.17, 15) is 4.79 Å². The predicted molar refractivity (Wildman–Crippen MR) is 60.6 cm³/mol. The number of allylic oxidation sites excluding steroid dienone is 4. The van der Waals surface area contributed by atoms with E-state index < -0.39 is 0 Å². The Kier molecular flexibility index (Phi) is 2.68. The fourth-order valence-electron chi connectivity index (χ4n) is 1.72. The topological polar surface area (TPSA) is 43.1 Å². The van der Waals surface area contributed by atoms with Gasteiger partial charge in [-0.05, 0) is 24.1 Å². The van der Waals surface area contributed by atoms with E-state index in [4.69, 9.17) is 5.73 Å². The van der Waals surface area contributed by atoms with Crippen molar-refractivity contribution >= 4 is 5.91 Å². The summed E-state index contributed by atoms with van der Waals surface area (Å²) in [5.41, 5.74) is 6.96. The van der Waals surface area contributed by atoms with Gasteiger partial charge in [0.05, 0.1) is 0 Å². The second-order valence-corrected chi connectivity index (χ2v) is 3.64. The zero-order valence-corrected chi connectivity index (χ0v) is 8.39. The largest absolute Gasteiger partial charge is 0.366 e. The fraction of sp³-hybridized carbons (Fsp3) is 0.154. The van der Waals surface area contributed by atoms with Gasteiger partial charge >= 0.3 is 0 Å². The van der Waals surface area contributed by atoms with Gasteiger partial charge in [-0.15, -0.1) is 0 Å². The molecule has 1 unspecified atom stereocenters. The number of amides is 1. The summed E-state index contributed by atoms with van der Waals surface area (Å²) >= 11 is 0. The summed E-state index contributed by atoms with van der Waals surface area (Å²) in [7, 11) is 0. The number of rotatable bonds is 2. The lowest BCUT2D eigenvalue weighted by Gasteiger charge is -2.13. The molecular weight excluding hydrogens is 186 g/mol. The van der Waals surface area contributed by atoms with Crippen molar-refractivity contribution in [2.24, 2.45) is 5.73 Å². The Morgan fingerprint density at radius 3 is 2.47 bits per heavy atom. The van der Waals surface area contributed by atoms with Gasteiger partial charge in [-0.25, -0.2) is 0 Å². The molecule has 0 fully saturated rings. The van der Waals surface area contributed by atoms with E-state index in [1.807, 2.05) is 18.2 Å².